The zero-order valence-corrected chi connectivity index (χ0v) is 19.2. The summed E-state index contributed by atoms with van der Waals surface area (Å²) in [5.41, 5.74) is -3.26. The van der Waals surface area contributed by atoms with Crippen LogP contribution >= 0.6 is 0 Å². The predicted octanol–water partition coefficient (Wildman–Crippen LogP) is 1.36. The highest BCUT2D eigenvalue weighted by Gasteiger charge is 2.78. The number of rotatable bonds is 2. The number of aliphatic hydroxyl groups is 2. The molecule has 0 heterocycles. The summed E-state index contributed by atoms with van der Waals surface area (Å²) >= 11 is 0. The molecule has 0 aromatic heterocycles. The number of esters is 2. The summed E-state index contributed by atoms with van der Waals surface area (Å²) < 4.78 is 11.0. The molecule has 4 rings (SSSR count). The van der Waals surface area contributed by atoms with Crippen molar-refractivity contribution < 1.29 is 38.9 Å². The number of allylic oxidation sites excluding steroid dienone is 1. The second kappa shape index (κ2) is 6.97. The number of aliphatic hydroxyl groups excluding tert-OH is 2. The van der Waals surface area contributed by atoms with E-state index in [0.29, 0.717) is 12.0 Å². The number of carbonyl (C=O) groups excluding carboxylic acids is 4. The second-order valence-electron chi connectivity index (χ2n) is 10.9. The van der Waals surface area contributed by atoms with E-state index in [1.54, 1.807) is 20.8 Å². The third-order valence-electron chi connectivity index (χ3n) is 8.88. The molecule has 1 spiro atoms. The Hall–Kier alpha value is -2.06. The van der Waals surface area contributed by atoms with Crippen LogP contribution in [0.3, 0.4) is 0 Å². The van der Waals surface area contributed by atoms with Crippen LogP contribution in [-0.4, -0.2) is 58.1 Å². The van der Waals surface area contributed by atoms with Crippen LogP contribution in [0.25, 0.3) is 0 Å². The lowest BCUT2D eigenvalue weighted by Gasteiger charge is -2.66. The van der Waals surface area contributed by atoms with Gasteiger partial charge in [-0.3, -0.25) is 19.2 Å². The zero-order chi connectivity index (χ0) is 24.0. The quantitative estimate of drug-likeness (QED) is 0.479. The van der Waals surface area contributed by atoms with E-state index in [2.05, 4.69) is 6.58 Å². The van der Waals surface area contributed by atoms with Crippen molar-refractivity contribution in [3.05, 3.63) is 12.2 Å². The molecule has 4 fully saturated rings. The molecule has 32 heavy (non-hydrogen) atoms. The maximum atomic E-state index is 14.1. The van der Waals surface area contributed by atoms with Crippen molar-refractivity contribution in [3.63, 3.8) is 0 Å². The van der Waals surface area contributed by atoms with Gasteiger partial charge in [-0.1, -0.05) is 27.4 Å². The molecule has 4 saturated carbocycles. The Morgan fingerprint density at radius 2 is 1.62 bits per heavy atom. The Labute approximate surface area is 187 Å². The van der Waals surface area contributed by atoms with E-state index in [1.807, 2.05) is 0 Å². The summed E-state index contributed by atoms with van der Waals surface area (Å²) in [4.78, 5) is 51.5. The lowest BCUT2D eigenvalue weighted by molar-refractivity contribution is -0.259. The van der Waals surface area contributed by atoms with Crippen LogP contribution in [0.4, 0.5) is 0 Å². The standard InChI is InChI=1S/C24H32O8/c1-10-13-7-14(27)18-23(6)15(28)8-16(31-11(2)25)22(4,5)19(23)17(29)21(32-12(3)26)24(18,9-13)20(10)30/h13-16,18-19,21,27-28H,1,7-9H2,2-6H3. The molecule has 176 valence electrons. The lowest BCUT2D eigenvalue weighted by Crippen LogP contribution is -2.75. The van der Waals surface area contributed by atoms with Gasteiger partial charge in [0, 0.05) is 42.9 Å². The summed E-state index contributed by atoms with van der Waals surface area (Å²) in [7, 11) is 0. The van der Waals surface area contributed by atoms with Crippen molar-refractivity contribution in [1.29, 1.82) is 0 Å². The smallest absolute Gasteiger partial charge is 0.303 e. The maximum absolute atomic E-state index is 14.1. The molecule has 0 aromatic rings. The van der Waals surface area contributed by atoms with Gasteiger partial charge in [0.15, 0.2) is 17.7 Å². The summed E-state index contributed by atoms with van der Waals surface area (Å²) in [5, 5.41) is 22.7. The van der Waals surface area contributed by atoms with Crippen molar-refractivity contribution in [2.45, 2.75) is 78.3 Å². The van der Waals surface area contributed by atoms with Crippen molar-refractivity contribution in [1.82, 2.24) is 0 Å². The summed E-state index contributed by atoms with van der Waals surface area (Å²) in [6.45, 7) is 11.7. The normalized spacial score (nSPS) is 46.8. The molecule has 0 aromatic carbocycles. The summed E-state index contributed by atoms with van der Waals surface area (Å²) in [6.07, 6.45) is -3.65. The van der Waals surface area contributed by atoms with Gasteiger partial charge in [-0.15, -0.1) is 0 Å². The van der Waals surface area contributed by atoms with Gasteiger partial charge in [-0.2, -0.15) is 0 Å². The number of carbonyl (C=O) groups is 4. The van der Waals surface area contributed by atoms with E-state index >= 15 is 0 Å². The minimum atomic E-state index is -1.46. The average molecular weight is 449 g/mol. The first-order chi connectivity index (χ1) is 14.7. The molecule has 2 N–H and O–H groups in total. The molecule has 0 saturated heterocycles. The number of hydrogen-bond acceptors (Lipinski definition) is 8. The minimum Gasteiger partial charge on any atom is -0.462 e. The van der Waals surface area contributed by atoms with Gasteiger partial charge in [-0.25, -0.2) is 0 Å². The number of fused-ring (bicyclic) bond motifs is 3. The van der Waals surface area contributed by atoms with Gasteiger partial charge in [0.1, 0.15) is 6.10 Å². The van der Waals surface area contributed by atoms with E-state index in [0.717, 1.165) is 0 Å². The molecule has 8 heteroatoms. The largest absolute Gasteiger partial charge is 0.462 e. The average Bonchev–Trinajstić information content (AvgIpc) is 2.84. The molecule has 0 amide bonds. The van der Waals surface area contributed by atoms with Crippen LogP contribution in [0.15, 0.2) is 12.2 Å². The molecule has 2 bridgehead atoms. The van der Waals surface area contributed by atoms with Crippen LogP contribution in [0.1, 0.15) is 53.9 Å². The fourth-order valence-electron chi connectivity index (χ4n) is 7.87. The van der Waals surface area contributed by atoms with Crippen molar-refractivity contribution in [3.8, 4) is 0 Å². The third kappa shape index (κ3) is 2.68. The molecule has 8 nitrogen and oxygen atoms in total. The first-order valence-corrected chi connectivity index (χ1v) is 11.2. The SMILES string of the molecule is C=C1C(=O)C23CC1CC(O)C2C1(C)C(O)CC(OC(C)=O)C(C)(C)C1C(=O)C3OC(C)=O. The summed E-state index contributed by atoms with van der Waals surface area (Å²) in [6, 6.07) is 0. The Morgan fingerprint density at radius 3 is 2.19 bits per heavy atom. The molecule has 4 aliphatic carbocycles. The predicted molar refractivity (Wildman–Crippen MR) is 111 cm³/mol. The number of ether oxygens (including phenoxy) is 2. The van der Waals surface area contributed by atoms with E-state index in [1.165, 1.54) is 13.8 Å². The minimum absolute atomic E-state index is 0.0724. The van der Waals surface area contributed by atoms with Gasteiger partial charge in [0.2, 0.25) is 0 Å². The first kappa shape index (κ1) is 23.1. The maximum Gasteiger partial charge on any atom is 0.303 e. The van der Waals surface area contributed by atoms with Crippen molar-refractivity contribution in [2.75, 3.05) is 0 Å². The van der Waals surface area contributed by atoms with E-state index in [-0.39, 0.29) is 24.5 Å². The van der Waals surface area contributed by atoms with Crippen molar-refractivity contribution in [2.24, 2.45) is 34.0 Å². The van der Waals surface area contributed by atoms with Gasteiger partial charge < -0.3 is 19.7 Å². The molecule has 9 unspecified atom stereocenters. The molecule has 0 aliphatic heterocycles. The molecule has 4 aliphatic rings. The van der Waals surface area contributed by atoms with Crippen LogP contribution in [0.5, 0.6) is 0 Å². The highest BCUT2D eigenvalue weighted by atomic mass is 16.6. The van der Waals surface area contributed by atoms with E-state index < -0.39 is 70.2 Å². The van der Waals surface area contributed by atoms with Crippen molar-refractivity contribution >= 4 is 23.5 Å². The first-order valence-electron chi connectivity index (χ1n) is 11.2. The summed E-state index contributed by atoms with van der Waals surface area (Å²) in [5.74, 6) is -4.12. The van der Waals surface area contributed by atoms with Crippen LogP contribution in [-0.2, 0) is 28.7 Å². The number of hydrogen-bond donors (Lipinski definition) is 2. The number of ketones is 2. The molecule has 0 radical (unpaired) electrons. The fourth-order valence-corrected chi connectivity index (χ4v) is 7.87. The van der Waals surface area contributed by atoms with Crippen LogP contribution in [0.2, 0.25) is 0 Å². The van der Waals surface area contributed by atoms with Gasteiger partial charge >= 0.3 is 11.9 Å². The van der Waals surface area contributed by atoms with Gasteiger partial charge in [-0.05, 0) is 24.3 Å². The number of Topliss-reactive ketones (excluding diaryl/α,β-unsaturated/α-hetero) is 2. The molecular weight excluding hydrogens is 416 g/mol. The second-order valence-corrected chi connectivity index (χ2v) is 10.9. The Balaban J connectivity index is 1.95. The van der Waals surface area contributed by atoms with Gasteiger partial charge in [0.05, 0.1) is 17.6 Å². The van der Waals surface area contributed by atoms with E-state index in [9.17, 15) is 29.4 Å². The molecule has 9 atom stereocenters. The molecular formula is C24H32O8. The Kier molecular flexibility index (Phi) is 5.03. The van der Waals surface area contributed by atoms with Crippen LogP contribution < -0.4 is 0 Å². The van der Waals surface area contributed by atoms with Gasteiger partial charge in [0.25, 0.3) is 0 Å². The lowest BCUT2D eigenvalue weighted by atomic mass is 9.38. The highest BCUT2D eigenvalue weighted by Crippen LogP contribution is 2.70. The topological polar surface area (TPSA) is 127 Å². The third-order valence-corrected chi connectivity index (χ3v) is 8.88. The fraction of sp³-hybridized carbons (Fsp3) is 0.750. The van der Waals surface area contributed by atoms with Crippen LogP contribution in [0, 0.1) is 34.0 Å². The Morgan fingerprint density at radius 1 is 1.03 bits per heavy atom. The monoisotopic (exact) mass is 448 g/mol. The Bertz CT molecular complexity index is 921. The zero-order valence-electron chi connectivity index (χ0n) is 19.2. The van der Waals surface area contributed by atoms with E-state index in [4.69, 9.17) is 9.47 Å². The highest BCUT2D eigenvalue weighted by molar-refractivity contribution is 6.08.